The van der Waals surface area contributed by atoms with Crippen LogP contribution in [0.25, 0.3) is 16.7 Å². The Balaban J connectivity index is 1.70. The first-order chi connectivity index (χ1) is 12.2. The molecule has 0 saturated carbocycles. The van der Waals surface area contributed by atoms with Crippen LogP contribution < -0.4 is 11.1 Å². The van der Waals surface area contributed by atoms with Crippen molar-refractivity contribution in [3.05, 3.63) is 47.9 Å². The zero-order valence-electron chi connectivity index (χ0n) is 14.4. The van der Waals surface area contributed by atoms with Gasteiger partial charge < -0.3 is 11.1 Å². The fourth-order valence-electron chi connectivity index (χ4n) is 2.91. The van der Waals surface area contributed by atoms with Crippen molar-refractivity contribution in [3.8, 4) is 5.69 Å². The Morgan fingerprint density at radius 1 is 1.20 bits per heavy atom. The van der Waals surface area contributed by atoms with Crippen LogP contribution in [0.4, 0.5) is 5.82 Å². The van der Waals surface area contributed by atoms with E-state index in [2.05, 4.69) is 27.4 Å². The molecule has 0 bridgehead atoms. The third kappa shape index (κ3) is 3.96. The minimum Gasteiger partial charge on any atom is -0.383 e. The van der Waals surface area contributed by atoms with Crippen LogP contribution in [0.15, 0.2) is 36.8 Å². The second-order valence-corrected chi connectivity index (χ2v) is 6.22. The largest absolute Gasteiger partial charge is 0.383 e. The molecule has 0 spiro atoms. The summed E-state index contributed by atoms with van der Waals surface area (Å²) in [6.07, 6.45) is 10.7. The number of nitrogen functional groups attached to an aromatic ring is 1. The topological polar surface area (TPSA) is 85.8 Å². The summed E-state index contributed by atoms with van der Waals surface area (Å²) in [5.41, 5.74) is 9.88. The number of amides is 1. The maximum Gasteiger partial charge on any atom is 0.207 e. The molecular weight excluding hydrogens is 314 g/mol. The molecule has 3 N–H and O–H groups in total. The van der Waals surface area contributed by atoms with Crippen molar-refractivity contribution < 1.29 is 4.79 Å². The van der Waals surface area contributed by atoms with Gasteiger partial charge in [0.1, 0.15) is 11.5 Å². The highest BCUT2D eigenvalue weighted by Crippen LogP contribution is 2.21. The summed E-state index contributed by atoms with van der Waals surface area (Å²) in [4.78, 5) is 19.1. The van der Waals surface area contributed by atoms with Gasteiger partial charge in [-0.1, -0.05) is 6.42 Å². The highest BCUT2D eigenvalue weighted by Gasteiger charge is 2.07. The number of pyridine rings is 2. The van der Waals surface area contributed by atoms with Gasteiger partial charge in [0.25, 0.3) is 0 Å². The van der Waals surface area contributed by atoms with E-state index in [1.807, 2.05) is 30.0 Å². The number of fused-ring (bicyclic) bond motifs is 1. The lowest BCUT2D eigenvalue weighted by Crippen LogP contribution is -2.11. The van der Waals surface area contributed by atoms with Crippen molar-refractivity contribution in [1.29, 1.82) is 0 Å². The molecule has 0 aromatic carbocycles. The molecule has 0 radical (unpaired) electrons. The van der Waals surface area contributed by atoms with Gasteiger partial charge in [0, 0.05) is 24.3 Å². The Morgan fingerprint density at radius 2 is 2.08 bits per heavy atom. The average Bonchev–Trinajstić information content (AvgIpc) is 3.03. The van der Waals surface area contributed by atoms with E-state index in [1.54, 1.807) is 6.20 Å². The number of nitrogens with one attached hydrogen (secondary N) is 1. The van der Waals surface area contributed by atoms with Crippen molar-refractivity contribution in [2.75, 3.05) is 12.3 Å². The Morgan fingerprint density at radius 3 is 2.88 bits per heavy atom. The number of anilines is 1. The fraction of sp³-hybridized carbons (Fsp3) is 0.316. The molecular formula is C19H23N5O. The van der Waals surface area contributed by atoms with Gasteiger partial charge in [-0.25, -0.2) is 9.97 Å². The zero-order valence-corrected chi connectivity index (χ0v) is 14.4. The van der Waals surface area contributed by atoms with Crippen LogP contribution in [0.3, 0.4) is 0 Å². The summed E-state index contributed by atoms with van der Waals surface area (Å²) < 4.78 is 2.03. The number of carbonyl (C=O) groups is 1. The minimum atomic E-state index is 0.554. The molecule has 3 heterocycles. The second kappa shape index (κ2) is 7.79. The van der Waals surface area contributed by atoms with E-state index >= 15 is 0 Å². The third-order valence-electron chi connectivity index (χ3n) is 4.34. The molecule has 0 atom stereocenters. The number of aryl methyl sites for hydroxylation is 2. The number of hydrogen-bond acceptors (Lipinski definition) is 4. The Kier molecular flexibility index (Phi) is 5.28. The number of aromatic nitrogens is 3. The Bertz CT molecular complexity index is 871. The molecule has 0 aliphatic heterocycles. The molecule has 1 amide bonds. The second-order valence-electron chi connectivity index (χ2n) is 6.22. The molecule has 130 valence electrons. The SMILES string of the molecule is Cc1cc(-n2ccc3cc(CCCCCNC=O)cnc32)cnc1N. The summed E-state index contributed by atoms with van der Waals surface area (Å²) in [5, 5.41) is 3.81. The van der Waals surface area contributed by atoms with Crippen molar-refractivity contribution in [3.63, 3.8) is 0 Å². The van der Waals surface area contributed by atoms with E-state index < -0.39 is 0 Å². The standard InChI is InChI=1S/C19H23N5O/c1-14-9-17(12-22-18(14)20)24-8-6-16-10-15(11-23-19(16)24)5-3-2-4-7-21-13-25/h6,8-13H,2-5,7H2,1H3,(H2,20,22)(H,21,25). The van der Waals surface area contributed by atoms with Crippen LogP contribution in [0.1, 0.15) is 30.4 Å². The van der Waals surface area contributed by atoms with Gasteiger partial charge in [-0.2, -0.15) is 0 Å². The van der Waals surface area contributed by atoms with Crippen molar-refractivity contribution in [2.24, 2.45) is 0 Å². The van der Waals surface area contributed by atoms with Crippen LogP contribution in [-0.4, -0.2) is 27.5 Å². The summed E-state index contributed by atoms with van der Waals surface area (Å²) in [5.74, 6) is 0.554. The van der Waals surface area contributed by atoms with Gasteiger partial charge in [0.15, 0.2) is 0 Å². The van der Waals surface area contributed by atoms with Crippen LogP contribution in [0.5, 0.6) is 0 Å². The van der Waals surface area contributed by atoms with E-state index in [1.165, 1.54) is 5.56 Å². The van der Waals surface area contributed by atoms with Crippen LogP contribution >= 0.6 is 0 Å². The molecule has 25 heavy (non-hydrogen) atoms. The molecule has 0 aliphatic carbocycles. The highest BCUT2D eigenvalue weighted by atomic mass is 16.1. The lowest BCUT2D eigenvalue weighted by Gasteiger charge is -2.07. The van der Waals surface area contributed by atoms with Crippen molar-refractivity contribution in [2.45, 2.75) is 32.6 Å². The summed E-state index contributed by atoms with van der Waals surface area (Å²) >= 11 is 0. The zero-order chi connectivity index (χ0) is 17.6. The number of nitrogens with two attached hydrogens (primary N) is 1. The highest BCUT2D eigenvalue weighted by molar-refractivity contribution is 5.78. The third-order valence-corrected chi connectivity index (χ3v) is 4.34. The summed E-state index contributed by atoms with van der Waals surface area (Å²) in [6.45, 7) is 2.70. The first-order valence-electron chi connectivity index (χ1n) is 8.54. The van der Waals surface area contributed by atoms with Crippen molar-refractivity contribution >= 4 is 23.3 Å². The molecule has 0 saturated heterocycles. The molecule has 6 nitrogen and oxygen atoms in total. The number of nitrogens with zero attached hydrogens (tertiary/aromatic N) is 3. The maximum absolute atomic E-state index is 10.2. The lowest BCUT2D eigenvalue weighted by molar-refractivity contribution is -0.109. The Labute approximate surface area is 147 Å². The minimum absolute atomic E-state index is 0.554. The van der Waals surface area contributed by atoms with E-state index in [0.29, 0.717) is 5.82 Å². The predicted octanol–water partition coefficient (Wildman–Crippen LogP) is 2.77. The van der Waals surface area contributed by atoms with Gasteiger partial charge in [-0.15, -0.1) is 0 Å². The molecule has 3 aromatic heterocycles. The van der Waals surface area contributed by atoms with E-state index in [0.717, 1.165) is 60.9 Å². The van der Waals surface area contributed by atoms with Crippen molar-refractivity contribution in [1.82, 2.24) is 19.9 Å². The van der Waals surface area contributed by atoms with Gasteiger partial charge in [0.2, 0.25) is 6.41 Å². The maximum atomic E-state index is 10.2. The molecule has 0 fully saturated rings. The molecule has 3 aromatic rings. The monoisotopic (exact) mass is 337 g/mol. The predicted molar refractivity (Wildman–Crippen MR) is 99.6 cm³/mol. The number of unbranched alkanes of at least 4 members (excludes halogenated alkanes) is 2. The fourth-order valence-corrected chi connectivity index (χ4v) is 2.91. The van der Waals surface area contributed by atoms with E-state index in [-0.39, 0.29) is 0 Å². The number of hydrogen-bond donors (Lipinski definition) is 2. The average molecular weight is 337 g/mol. The first kappa shape index (κ1) is 17.0. The molecule has 3 rings (SSSR count). The van der Waals surface area contributed by atoms with E-state index in [9.17, 15) is 4.79 Å². The normalized spacial score (nSPS) is 10.9. The van der Waals surface area contributed by atoms with Gasteiger partial charge in [-0.3, -0.25) is 9.36 Å². The van der Waals surface area contributed by atoms with Gasteiger partial charge >= 0.3 is 0 Å². The lowest BCUT2D eigenvalue weighted by atomic mass is 10.1. The summed E-state index contributed by atoms with van der Waals surface area (Å²) in [6, 6.07) is 6.29. The summed E-state index contributed by atoms with van der Waals surface area (Å²) in [7, 11) is 0. The van der Waals surface area contributed by atoms with Gasteiger partial charge in [0.05, 0.1) is 11.9 Å². The van der Waals surface area contributed by atoms with Gasteiger partial charge in [-0.05, 0) is 55.5 Å². The quantitative estimate of drug-likeness (QED) is 0.489. The Hall–Kier alpha value is -2.89. The van der Waals surface area contributed by atoms with E-state index in [4.69, 9.17) is 5.73 Å². The van der Waals surface area contributed by atoms with Crippen LogP contribution in [-0.2, 0) is 11.2 Å². The smallest absolute Gasteiger partial charge is 0.207 e. The molecule has 6 heteroatoms. The number of carbonyl (C=O) groups excluding carboxylic acids is 1. The first-order valence-corrected chi connectivity index (χ1v) is 8.54. The van der Waals surface area contributed by atoms with Crippen LogP contribution in [0.2, 0.25) is 0 Å². The molecule has 0 aliphatic rings. The number of rotatable bonds is 8. The molecule has 0 unspecified atom stereocenters. The van der Waals surface area contributed by atoms with Crippen LogP contribution in [0, 0.1) is 6.92 Å².